The molecule has 0 radical (unpaired) electrons. The fourth-order valence-electron chi connectivity index (χ4n) is 3.72. The number of furan rings is 1. The fraction of sp³-hybridized carbons (Fsp3) is 0.227. The summed E-state index contributed by atoms with van der Waals surface area (Å²) < 4.78 is 7.49. The first-order chi connectivity index (χ1) is 16.1. The van der Waals surface area contributed by atoms with Crippen LogP contribution in [0, 0.1) is 0 Å². The SMILES string of the molecule is O=C(Nc1cn([C@H]2CC[C@@H](O)C2)nc1-c1ccccn1)c1ccc(-c2cn[nH]c2)o1.O=CO. The Kier molecular flexibility index (Phi) is 6.60. The number of hydrogen-bond acceptors (Lipinski definition) is 7. The van der Waals surface area contributed by atoms with Crippen LogP contribution in [0.3, 0.4) is 0 Å². The Hall–Kier alpha value is -4.25. The molecular weight excluding hydrogens is 428 g/mol. The quantitative estimate of drug-likeness (QED) is 0.338. The highest BCUT2D eigenvalue weighted by Crippen LogP contribution is 2.33. The minimum atomic E-state index is -0.382. The molecular formula is C22H22N6O5. The molecule has 11 heteroatoms. The number of aliphatic hydroxyl groups excluding tert-OH is 1. The van der Waals surface area contributed by atoms with Crippen LogP contribution in [0.2, 0.25) is 0 Å². The summed E-state index contributed by atoms with van der Waals surface area (Å²) in [5, 5.41) is 31.0. The number of H-pyrrole nitrogens is 1. The maximum Gasteiger partial charge on any atom is 0.291 e. The van der Waals surface area contributed by atoms with Gasteiger partial charge < -0.3 is 19.9 Å². The van der Waals surface area contributed by atoms with Crippen molar-refractivity contribution in [1.29, 1.82) is 0 Å². The van der Waals surface area contributed by atoms with Gasteiger partial charge in [0, 0.05) is 18.6 Å². The van der Waals surface area contributed by atoms with E-state index in [1.807, 2.05) is 22.9 Å². The number of pyridine rings is 1. The molecule has 2 atom stereocenters. The molecule has 0 spiro atoms. The van der Waals surface area contributed by atoms with Crippen molar-refractivity contribution in [3.8, 4) is 22.7 Å². The lowest BCUT2D eigenvalue weighted by atomic mass is 10.2. The number of carbonyl (C=O) groups is 2. The van der Waals surface area contributed by atoms with E-state index >= 15 is 0 Å². The third-order valence-corrected chi connectivity index (χ3v) is 5.25. The van der Waals surface area contributed by atoms with E-state index in [9.17, 15) is 9.90 Å². The Morgan fingerprint density at radius 1 is 1.27 bits per heavy atom. The molecule has 4 N–H and O–H groups in total. The number of nitrogens with one attached hydrogen (secondary N) is 2. The molecule has 0 saturated heterocycles. The van der Waals surface area contributed by atoms with Gasteiger partial charge in [-0.15, -0.1) is 0 Å². The third-order valence-electron chi connectivity index (χ3n) is 5.25. The van der Waals surface area contributed by atoms with Crippen LogP contribution in [0.5, 0.6) is 0 Å². The monoisotopic (exact) mass is 450 g/mol. The summed E-state index contributed by atoms with van der Waals surface area (Å²) in [6.07, 6.45) is 8.70. The van der Waals surface area contributed by atoms with Gasteiger partial charge in [0.25, 0.3) is 12.4 Å². The van der Waals surface area contributed by atoms with Gasteiger partial charge in [-0.1, -0.05) is 6.07 Å². The summed E-state index contributed by atoms with van der Waals surface area (Å²) >= 11 is 0. The second-order valence-electron chi connectivity index (χ2n) is 7.42. The average molecular weight is 450 g/mol. The molecule has 4 aromatic heterocycles. The molecule has 1 amide bonds. The van der Waals surface area contributed by atoms with Crippen molar-refractivity contribution in [3.05, 3.63) is 60.9 Å². The summed E-state index contributed by atoms with van der Waals surface area (Å²) in [6.45, 7) is -0.250. The van der Waals surface area contributed by atoms with E-state index in [1.54, 1.807) is 36.9 Å². The van der Waals surface area contributed by atoms with Crippen molar-refractivity contribution in [2.45, 2.75) is 31.4 Å². The lowest BCUT2D eigenvalue weighted by Gasteiger charge is -2.09. The summed E-state index contributed by atoms with van der Waals surface area (Å²) in [6, 6.07) is 8.97. The van der Waals surface area contributed by atoms with Gasteiger partial charge in [0.05, 0.1) is 35.3 Å². The van der Waals surface area contributed by atoms with Gasteiger partial charge in [0.1, 0.15) is 11.5 Å². The minimum Gasteiger partial charge on any atom is -0.483 e. The van der Waals surface area contributed by atoms with Crippen LogP contribution >= 0.6 is 0 Å². The molecule has 0 aliphatic heterocycles. The molecule has 0 aromatic carbocycles. The van der Waals surface area contributed by atoms with Gasteiger partial charge in [0.15, 0.2) is 5.76 Å². The number of carboxylic acid groups (broad SMARTS) is 1. The highest BCUT2D eigenvalue weighted by molar-refractivity contribution is 6.04. The first-order valence-electron chi connectivity index (χ1n) is 10.3. The van der Waals surface area contributed by atoms with Crippen LogP contribution in [-0.2, 0) is 4.79 Å². The normalized spacial score (nSPS) is 17.2. The van der Waals surface area contributed by atoms with Crippen LogP contribution in [0.15, 0.2) is 59.5 Å². The maximum absolute atomic E-state index is 12.8. The highest BCUT2D eigenvalue weighted by atomic mass is 16.4. The molecule has 11 nitrogen and oxygen atoms in total. The van der Waals surface area contributed by atoms with E-state index in [-0.39, 0.29) is 30.3 Å². The zero-order valence-electron chi connectivity index (χ0n) is 17.5. The number of aliphatic hydroxyl groups is 1. The van der Waals surface area contributed by atoms with Crippen molar-refractivity contribution >= 4 is 18.1 Å². The van der Waals surface area contributed by atoms with Crippen LogP contribution in [0.1, 0.15) is 35.9 Å². The summed E-state index contributed by atoms with van der Waals surface area (Å²) in [5.74, 6) is 0.352. The molecule has 1 aliphatic carbocycles. The minimum absolute atomic E-state index is 0.0874. The molecule has 0 unspecified atom stereocenters. The molecule has 1 saturated carbocycles. The Balaban J connectivity index is 0.000000821. The number of rotatable bonds is 5. The number of anilines is 1. The third kappa shape index (κ3) is 4.99. The summed E-state index contributed by atoms with van der Waals surface area (Å²) in [4.78, 5) is 25.6. The van der Waals surface area contributed by atoms with E-state index in [0.717, 1.165) is 18.4 Å². The molecule has 4 heterocycles. The zero-order valence-corrected chi connectivity index (χ0v) is 17.5. The number of carbonyl (C=O) groups excluding carboxylic acids is 1. The molecule has 0 bridgehead atoms. The first-order valence-corrected chi connectivity index (χ1v) is 10.3. The van der Waals surface area contributed by atoms with E-state index in [4.69, 9.17) is 14.3 Å². The Morgan fingerprint density at radius 3 is 2.79 bits per heavy atom. The number of nitrogens with zero attached hydrogens (tertiary/aromatic N) is 4. The smallest absolute Gasteiger partial charge is 0.291 e. The van der Waals surface area contributed by atoms with Gasteiger partial charge >= 0.3 is 0 Å². The number of aromatic amines is 1. The molecule has 33 heavy (non-hydrogen) atoms. The molecule has 1 aliphatic rings. The van der Waals surface area contributed by atoms with Gasteiger partial charge in [-0.25, -0.2) is 0 Å². The Morgan fingerprint density at radius 2 is 2.12 bits per heavy atom. The van der Waals surface area contributed by atoms with Crippen molar-refractivity contribution in [2.24, 2.45) is 0 Å². The van der Waals surface area contributed by atoms with Gasteiger partial charge in [-0.3, -0.25) is 24.4 Å². The topological polar surface area (TPSA) is 159 Å². The van der Waals surface area contributed by atoms with Gasteiger partial charge in [-0.2, -0.15) is 10.2 Å². The Bertz CT molecular complexity index is 1200. The van der Waals surface area contributed by atoms with Crippen LogP contribution < -0.4 is 5.32 Å². The fourth-order valence-corrected chi connectivity index (χ4v) is 3.72. The van der Waals surface area contributed by atoms with Crippen molar-refractivity contribution in [2.75, 3.05) is 5.32 Å². The predicted molar refractivity (Wildman–Crippen MR) is 117 cm³/mol. The molecule has 170 valence electrons. The highest BCUT2D eigenvalue weighted by Gasteiger charge is 2.27. The average Bonchev–Trinajstić information content (AvgIpc) is 3.60. The number of aromatic nitrogens is 5. The van der Waals surface area contributed by atoms with E-state index in [2.05, 4.69) is 25.6 Å². The zero-order chi connectivity index (χ0) is 23.2. The van der Waals surface area contributed by atoms with Crippen LogP contribution in [0.25, 0.3) is 22.7 Å². The first kappa shape index (κ1) is 22.0. The largest absolute Gasteiger partial charge is 0.483 e. The molecule has 1 fully saturated rings. The summed E-state index contributed by atoms with van der Waals surface area (Å²) in [5.41, 5.74) is 2.53. The molecule has 5 rings (SSSR count). The molecule has 4 aromatic rings. The van der Waals surface area contributed by atoms with Crippen LogP contribution in [-0.4, -0.2) is 53.7 Å². The van der Waals surface area contributed by atoms with Crippen molar-refractivity contribution in [1.82, 2.24) is 25.0 Å². The second kappa shape index (κ2) is 9.92. The van der Waals surface area contributed by atoms with E-state index in [1.165, 1.54) is 0 Å². The van der Waals surface area contributed by atoms with Crippen LogP contribution in [0.4, 0.5) is 5.69 Å². The predicted octanol–water partition coefficient (Wildman–Crippen LogP) is 2.97. The standard InChI is InChI=1S/C21H20N6O3.CH2O2/c28-15-5-4-14(9-15)27-12-17(20(26-27)16-3-1-2-8-22-16)25-21(29)19-7-6-18(30-19)13-10-23-24-11-13;2-1-3/h1-3,6-8,10-12,14-15,28H,4-5,9H2,(H,23,24)(H,25,29);1H,(H,2,3)/t14-,15+;/m0./s1. The van der Waals surface area contributed by atoms with E-state index in [0.29, 0.717) is 29.3 Å². The number of amides is 1. The van der Waals surface area contributed by atoms with Gasteiger partial charge in [-0.05, 0) is 43.5 Å². The van der Waals surface area contributed by atoms with Gasteiger partial charge in [0.2, 0.25) is 0 Å². The van der Waals surface area contributed by atoms with E-state index < -0.39 is 0 Å². The van der Waals surface area contributed by atoms with Crippen molar-refractivity contribution < 1.29 is 24.2 Å². The maximum atomic E-state index is 12.8. The lowest BCUT2D eigenvalue weighted by molar-refractivity contribution is -0.122. The second-order valence-corrected chi connectivity index (χ2v) is 7.42. The Labute approximate surface area is 188 Å². The number of hydrogen-bond donors (Lipinski definition) is 4. The summed E-state index contributed by atoms with van der Waals surface area (Å²) in [7, 11) is 0. The lowest BCUT2D eigenvalue weighted by Crippen LogP contribution is -2.11. The van der Waals surface area contributed by atoms with Crippen molar-refractivity contribution in [3.63, 3.8) is 0 Å².